The van der Waals surface area contributed by atoms with E-state index in [4.69, 9.17) is 23.2 Å². The zero-order valence-corrected chi connectivity index (χ0v) is 11.9. The Kier molecular flexibility index (Phi) is 4.56. The minimum absolute atomic E-state index is 0.0341. The highest BCUT2D eigenvalue weighted by atomic mass is 35.5. The van der Waals surface area contributed by atoms with Gasteiger partial charge in [-0.25, -0.2) is 8.78 Å². The van der Waals surface area contributed by atoms with E-state index in [1.165, 1.54) is 12.1 Å². The van der Waals surface area contributed by atoms with Crippen LogP contribution in [-0.2, 0) is 0 Å². The number of nitriles is 1. The average molecular weight is 326 g/mol. The topological polar surface area (TPSA) is 40.9 Å². The summed E-state index contributed by atoms with van der Waals surface area (Å²) in [6.07, 6.45) is 0. The summed E-state index contributed by atoms with van der Waals surface area (Å²) >= 11 is 11.7. The number of hydrogen-bond acceptors (Lipinski definition) is 2. The van der Waals surface area contributed by atoms with Crippen molar-refractivity contribution in [3.8, 4) is 6.07 Å². The molecule has 0 saturated heterocycles. The molecule has 0 amide bonds. The molecule has 0 fully saturated rings. The molecule has 0 bridgehead atoms. The van der Waals surface area contributed by atoms with E-state index in [1.807, 2.05) is 0 Å². The SMILES string of the molecule is N#CC(C(=O)c1ccc(F)cc1Cl)c1c(F)cccc1Cl. The fourth-order valence-corrected chi connectivity index (χ4v) is 2.42. The van der Waals surface area contributed by atoms with E-state index in [1.54, 1.807) is 6.07 Å². The molecule has 1 unspecified atom stereocenters. The Hall–Kier alpha value is -1.96. The Morgan fingerprint density at radius 3 is 2.43 bits per heavy atom. The Bertz CT molecular complexity index is 736. The Morgan fingerprint density at radius 2 is 1.86 bits per heavy atom. The van der Waals surface area contributed by atoms with Crippen LogP contribution in [0.1, 0.15) is 21.8 Å². The van der Waals surface area contributed by atoms with Gasteiger partial charge < -0.3 is 0 Å². The van der Waals surface area contributed by atoms with Crippen LogP contribution in [0.3, 0.4) is 0 Å². The van der Waals surface area contributed by atoms with Crippen LogP contribution in [0.15, 0.2) is 36.4 Å². The van der Waals surface area contributed by atoms with Crippen LogP contribution >= 0.6 is 23.2 Å². The predicted molar refractivity (Wildman–Crippen MR) is 75.5 cm³/mol. The summed E-state index contributed by atoms with van der Waals surface area (Å²) in [6.45, 7) is 0. The van der Waals surface area contributed by atoms with Gasteiger partial charge in [0, 0.05) is 16.1 Å². The zero-order valence-electron chi connectivity index (χ0n) is 10.4. The van der Waals surface area contributed by atoms with Gasteiger partial charge in [-0.3, -0.25) is 4.79 Å². The van der Waals surface area contributed by atoms with E-state index in [0.29, 0.717) is 0 Å². The van der Waals surface area contributed by atoms with Crippen molar-refractivity contribution in [2.24, 2.45) is 0 Å². The van der Waals surface area contributed by atoms with E-state index in [2.05, 4.69) is 0 Å². The van der Waals surface area contributed by atoms with Crippen LogP contribution < -0.4 is 0 Å². The summed E-state index contributed by atoms with van der Waals surface area (Å²) in [5, 5.41) is 9.01. The quantitative estimate of drug-likeness (QED) is 0.763. The van der Waals surface area contributed by atoms with Gasteiger partial charge in [0.2, 0.25) is 0 Å². The smallest absolute Gasteiger partial charge is 0.186 e. The molecule has 1 atom stereocenters. The molecular formula is C15H7Cl2F2NO. The molecule has 2 rings (SSSR count). The first kappa shape index (κ1) is 15.4. The minimum Gasteiger partial charge on any atom is -0.292 e. The van der Waals surface area contributed by atoms with Crippen LogP contribution in [0.5, 0.6) is 0 Å². The highest BCUT2D eigenvalue weighted by Gasteiger charge is 2.28. The number of rotatable bonds is 3. The normalized spacial score (nSPS) is 11.8. The lowest BCUT2D eigenvalue weighted by molar-refractivity contribution is 0.0977. The summed E-state index contributed by atoms with van der Waals surface area (Å²) in [5.74, 6) is -3.58. The average Bonchev–Trinajstić information content (AvgIpc) is 2.42. The second-order valence-electron chi connectivity index (χ2n) is 4.19. The van der Waals surface area contributed by atoms with Gasteiger partial charge in [0.15, 0.2) is 5.78 Å². The number of ketones is 1. The van der Waals surface area contributed by atoms with E-state index in [-0.39, 0.29) is 21.2 Å². The van der Waals surface area contributed by atoms with E-state index in [9.17, 15) is 18.8 Å². The zero-order chi connectivity index (χ0) is 15.6. The van der Waals surface area contributed by atoms with Gasteiger partial charge in [-0.15, -0.1) is 0 Å². The van der Waals surface area contributed by atoms with Crippen molar-refractivity contribution in [1.29, 1.82) is 5.26 Å². The molecule has 0 aliphatic heterocycles. The summed E-state index contributed by atoms with van der Waals surface area (Å²) in [4.78, 5) is 12.4. The molecule has 0 aliphatic carbocycles. The lowest BCUT2D eigenvalue weighted by atomic mass is 9.91. The molecule has 0 heterocycles. The number of benzene rings is 2. The molecule has 0 N–H and O–H groups in total. The van der Waals surface area contributed by atoms with E-state index >= 15 is 0 Å². The molecule has 21 heavy (non-hydrogen) atoms. The van der Waals surface area contributed by atoms with Gasteiger partial charge >= 0.3 is 0 Å². The van der Waals surface area contributed by atoms with Crippen molar-refractivity contribution < 1.29 is 13.6 Å². The van der Waals surface area contributed by atoms with Crippen molar-refractivity contribution in [1.82, 2.24) is 0 Å². The molecule has 0 radical (unpaired) electrons. The number of carbonyl (C=O) groups is 1. The fourth-order valence-electron chi connectivity index (χ4n) is 1.89. The third kappa shape index (κ3) is 3.05. The van der Waals surface area contributed by atoms with E-state index < -0.39 is 23.3 Å². The maximum Gasteiger partial charge on any atom is 0.186 e. The summed E-state index contributed by atoms with van der Waals surface area (Å²) in [5.41, 5.74) is -0.281. The molecule has 0 aromatic heterocycles. The number of carbonyl (C=O) groups excluding carboxylic acids is 1. The predicted octanol–water partition coefficient (Wildman–Crippen LogP) is 4.76. The molecule has 6 heteroatoms. The van der Waals surface area contributed by atoms with Gasteiger partial charge in [0.05, 0.1) is 11.1 Å². The van der Waals surface area contributed by atoms with Crippen molar-refractivity contribution >= 4 is 29.0 Å². The highest BCUT2D eigenvalue weighted by Crippen LogP contribution is 2.31. The largest absolute Gasteiger partial charge is 0.292 e. The first-order chi connectivity index (χ1) is 9.95. The Balaban J connectivity index is 2.52. The summed E-state index contributed by atoms with van der Waals surface area (Å²) < 4.78 is 26.9. The molecule has 2 nitrogen and oxygen atoms in total. The van der Waals surface area contributed by atoms with Crippen molar-refractivity contribution in [2.45, 2.75) is 5.92 Å². The van der Waals surface area contributed by atoms with Crippen LogP contribution in [0, 0.1) is 23.0 Å². The molecule has 0 saturated carbocycles. The summed E-state index contributed by atoms with van der Waals surface area (Å²) in [7, 11) is 0. The maximum absolute atomic E-state index is 13.8. The molecule has 0 aliphatic rings. The lowest BCUT2D eigenvalue weighted by Crippen LogP contribution is -2.14. The van der Waals surface area contributed by atoms with Crippen LogP contribution in [0.2, 0.25) is 10.0 Å². The van der Waals surface area contributed by atoms with Crippen molar-refractivity contribution in [2.75, 3.05) is 0 Å². The van der Waals surface area contributed by atoms with Gasteiger partial charge in [-0.05, 0) is 30.3 Å². The third-order valence-electron chi connectivity index (χ3n) is 2.88. The van der Waals surface area contributed by atoms with Crippen LogP contribution in [0.4, 0.5) is 8.78 Å². The standard InChI is InChI=1S/C15H7Cl2F2NO/c16-11-2-1-3-13(19)14(11)10(7-20)15(21)9-5-4-8(18)6-12(9)17/h1-6,10H. The number of hydrogen-bond donors (Lipinski definition) is 0. The van der Waals surface area contributed by atoms with Gasteiger partial charge in [0.1, 0.15) is 17.6 Å². The van der Waals surface area contributed by atoms with Gasteiger partial charge in [-0.2, -0.15) is 5.26 Å². The van der Waals surface area contributed by atoms with Crippen LogP contribution in [0.25, 0.3) is 0 Å². The molecule has 2 aromatic rings. The van der Waals surface area contributed by atoms with Crippen molar-refractivity contribution in [3.63, 3.8) is 0 Å². The minimum atomic E-state index is -1.46. The second kappa shape index (κ2) is 6.21. The first-order valence-corrected chi connectivity index (χ1v) is 6.54. The summed E-state index contributed by atoms with van der Waals surface area (Å²) in [6, 6.07) is 8.70. The van der Waals surface area contributed by atoms with Crippen molar-refractivity contribution in [3.05, 3.63) is 69.2 Å². The van der Waals surface area contributed by atoms with E-state index in [0.717, 1.165) is 24.3 Å². The Labute approximate surface area is 129 Å². The number of nitrogens with zero attached hydrogens (tertiary/aromatic N) is 1. The molecule has 0 spiro atoms. The van der Waals surface area contributed by atoms with Gasteiger partial charge in [0.25, 0.3) is 0 Å². The third-order valence-corrected chi connectivity index (χ3v) is 3.52. The fraction of sp³-hybridized carbons (Fsp3) is 0.0667. The van der Waals surface area contributed by atoms with Gasteiger partial charge in [-0.1, -0.05) is 29.3 Å². The van der Waals surface area contributed by atoms with Crippen LogP contribution in [-0.4, -0.2) is 5.78 Å². The highest BCUT2D eigenvalue weighted by molar-refractivity contribution is 6.35. The molecule has 106 valence electrons. The monoisotopic (exact) mass is 325 g/mol. The maximum atomic E-state index is 13.8. The first-order valence-electron chi connectivity index (χ1n) is 5.78. The molecular weight excluding hydrogens is 319 g/mol. The number of Topliss-reactive ketones (excluding diaryl/α,β-unsaturated/α-hetero) is 1. The molecule has 2 aromatic carbocycles. The Morgan fingerprint density at radius 1 is 1.14 bits per heavy atom. The lowest BCUT2D eigenvalue weighted by Gasteiger charge is -2.12. The second-order valence-corrected chi connectivity index (χ2v) is 5.00. The number of halogens is 4.